The van der Waals surface area contributed by atoms with Crippen LogP contribution in [0.2, 0.25) is 0 Å². The molecular formula is C16H29NOS. The number of rotatable bonds is 2. The predicted octanol–water partition coefficient (Wildman–Crippen LogP) is 3.46. The second kappa shape index (κ2) is 6.17. The van der Waals surface area contributed by atoms with Crippen LogP contribution in [0.15, 0.2) is 0 Å². The summed E-state index contributed by atoms with van der Waals surface area (Å²) in [6, 6.07) is 0.640. The number of thioether (sulfide) groups is 1. The van der Waals surface area contributed by atoms with Gasteiger partial charge in [0.25, 0.3) is 0 Å². The van der Waals surface area contributed by atoms with Crippen LogP contribution in [0.5, 0.6) is 0 Å². The van der Waals surface area contributed by atoms with E-state index in [1.54, 1.807) is 0 Å². The monoisotopic (exact) mass is 283 g/mol. The third-order valence-corrected chi connectivity index (χ3v) is 6.14. The average molecular weight is 283 g/mol. The Labute approximate surface area is 122 Å². The van der Waals surface area contributed by atoms with Gasteiger partial charge in [-0.15, -0.1) is 0 Å². The molecule has 2 fully saturated rings. The predicted molar refractivity (Wildman–Crippen MR) is 83.7 cm³/mol. The highest BCUT2D eigenvalue weighted by atomic mass is 32.2. The lowest BCUT2D eigenvalue weighted by Crippen LogP contribution is -2.46. The van der Waals surface area contributed by atoms with Crippen molar-refractivity contribution in [2.24, 2.45) is 17.3 Å². The zero-order valence-corrected chi connectivity index (χ0v) is 13.8. The molecule has 19 heavy (non-hydrogen) atoms. The summed E-state index contributed by atoms with van der Waals surface area (Å²) in [7, 11) is 0. The summed E-state index contributed by atoms with van der Waals surface area (Å²) in [6.07, 6.45) is 3.02. The molecule has 1 saturated carbocycles. The summed E-state index contributed by atoms with van der Waals surface area (Å²) in [5.41, 5.74) is 0.350. The van der Waals surface area contributed by atoms with E-state index in [0.717, 1.165) is 32.4 Å². The second-order valence-electron chi connectivity index (χ2n) is 7.42. The van der Waals surface area contributed by atoms with Crippen molar-refractivity contribution in [3.05, 3.63) is 0 Å². The Bertz CT molecular complexity index is 323. The molecule has 0 bridgehead atoms. The summed E-state index contributed by atoms with van der Waals surface area (Å²) in [6.45, 7) is 11.4. The van der Waals surface area contributed by atoms with E-state index in [1.165, 1.54) is 11.5 Å². The molecule has 0 N–H and O–H groups in total. The molecule has 0 amide bonds. The molecule has 1 saturated heterocycles. The zero-order chi connectivity index (χ0) is 14.0. The van der Waals surface area contributed by atoms with Crippen LogP contribution in [0, 0.1) is 17.3 Å². The number of hydrogen-bond acceptors (Lipinski definition) is 3. The molecule has 0 radical (unpaired) electrons. The molecule has 0 aromatic rings. The van der Waals surface area contributed by atoms with E-state index in [-0.39, 0.29) is 0 Å². The molecule has 1 aliphatic heterocycles. The number of ketones is 1. The van der Waals surface area contributed by atoms with Gasteiger partial charge in [0.1, 0.15) is 5.78 Å². The topological polar surface area (TPSA) is 20.3 Å². The van der Waals surface area contributed by atoms with Crippen molar-refractivity contribution in [1.29, 1.82) is 0 Å². The second-order valence-corrected chi connectivity index (χ2v) is 8.57. The summed E-state index contributed by atoms with van der Waals surface area (Å²) in [5, 5.41) is 0. The zero-order valence-electron chi connectivity index (χ0n) is 12.9. The highest BCUT2D eigenvalue weighted by molar-refractivity contribution is 7.99. The Balaban J connectivity index is 1.95. The molecule has 2 rings (SSSR count). The van der Waals surface area contributed by atoms with Gasteiger partial charge in [-0.05, 0) is 31.1 Å². The van der Waals surface area contributed by atoms with E-state index in [9.17, 15) is 4.79 Å². The number of Topliss-reactive ketones (excluding diaryl/α,β-unsaturated/α-hetero) is 1. The number of hydrogen-bond donors (Lipinski definition) is 0. The fourth-order valence-corrected chi connectivity index (χ4v) is 4.47. The smallest absolute Gasteiger partial charge is 0.137 e. The Morgan fingerprint density at radius 1 is 1.37 bits per heavy atom. The number of carbonyl (C=O) groups excluding carboxylic acids is 1. The first-order chi connectivity index (χ1) is 8.88. The van der Waals surface area contributed by atoms with Gasteiger partial charge in [0, 0.05) is 43.0 Å². The number of nitrogens with zero attached hydrogens (tertiary/aromatic N) is 1. The van der Waals surface area contributed by atoms with Gasteiger partial charge in [-0.3, -0.25) is 9.69 Å². The Hall–Kier alpha value is -0.0200. The average Bonchev–Trinajstić information content (AvgIpc) is 2.33. The fourth-order valence-electron chi connectivity index (χ4n) is 3.39. The standard InChI is InChI=1S/C16H29NOS/c1-12-11-19-8-7-17(12)10-13-9-14(16(2,3)4)5-6-15(13)18/h12-14H,5-11H2,1-4H3. The molecule has 0 aromatic carbocycles. The highest BCUT2D eigenvalue weighted by Crippen LogP contribution is 2.39. The summed E-state index contributed by atoms with van der Waals surface area (Å²) in [4.78, 5) is 14.8. The van der Waals surface area contributed by atoms with E-state index in [1.807, 2.05) is 11.8 Å². The maximum atomic E-state index is 12.2. The minimum absolute atomic E-state index is 0.295. The minimum atomic E-state index is 0.295. The fraction of sp³-hybridized carbons (Fsp3) is 0.938. The van der Waals surface area contributed by atoms with E-state index < -0.39 is 0 Å². The van der Waals surface area contributed by atoms with Crippen LogP contribution in [-0.4, -0.2) is 41.3 Å². The molecule has 1 heterocycles. The van der Waals surface area contributed by atoms with Crippen molar-refractivity contribution >= 4 is 17.5 Å². The molecule has 3 atom stereocenters. The van der Waals surface area contributed by atoms with Crippen LogP contribution in [0.1, 0.15) is 47.0 Å². The van der Waals surface area contributed by atoms with Gasteiger partial charge >= 0.3 is 0 Å². The largest absolute Gasteiger partial charge is 0.299 e. The van der Waals surface area contributed by atoms with Gasteiger partial charge in [-0.1, -0.05) is 20.8 Å². The van der Waals surface area contributed by atoms with Gasteiger partial charge in [0.15, 0.2) is 0 Å². The third-order valence-electron chi connectivity index (χ3n) is 4.95. The number of carbonyl (C=O) groups is 1. The van der Waals surface area contributed by atoms with Crippen LogP contribution >= 0.6 is 11.8 Å². The molecule has 1 aliphatic carbocycles. The molecular weight excluding hydrogens is 254 g/mol. The van der Waals surface area contributed by atoms with Gasteiger partial charge in [0.05, 0.1) is 0 Å². The molecule has 3 unspecified atom stereocenters. The first-order valence-corrected chi connectivity index (χ1v) is 8.88. The van der Waals surface area contributed by atoms with E-state index in [4.69, 9.17) is 0 Å². The minimum Gasteiger partial charge on any atom is -0.299 e. The maximum Gasteiger partial charge on any atom is 0.137 e. The van der Waals surface area contributed by atoms with Crippen molar-refractivity contribution in [2.75, 3.05) is 24.6 Å². The first kappa shape index (κ1) is 15.4. The molecule has 0 spiro atoms. The first-order valence-electron chi connectivity index (χ1n) is 7.72. The van der Waals surface area contributed by atoms with E-state index >= 15 is 0 Å². The SMILES string of the molecule is CC1CSCCN1CC1CC(C(C)(C)C)CCC1=O. The maximum absolute atomic E-state index is 12.2. The highest BCUT2D eigenvalue weighted by Gasteiger charge is 2.36. The van der Waals surface area contributed by atoms with E-state index in [2.05, 4.69) is 32.6 Å². The Morgan fingerprint density at radius 2 is 2.11 bits per heavy atom. The van der Waals surface area contributed by atoms with Crippen LogP contribution in [0.4, 0.5) is 0 Å². The molecule has 0 aromatic heterocycles. The molecule has 3 heteroatoms. The van der Waals surface area contributed by atoms with Crippen molar-refractivity contribution in [3.63, 3.8) is 0 Å². The van der Waals surface area contributed by atoms with Crippen molar-refractivity contribution in [1.82, 2.24) is 4.90 Å². The lowest BCUT2D eigenvalue weighted by Gasteiger charge is -2.40. The van der Waals surface area contributed by atoms with Crippen LogP contribution in [0.3, 0.4) is 0 Å². The Kier molecular flexibility index (Phi) is 4.99. The molecule has 110 valence electrons. The van der Waals surface area contributed by atoms with Gasteiger partial charge < -0.3 is 0 Å². The molecule has 2 aliphatic rings. The van der Waals surface area contributed by atoms with Crippen molar-refractivity contribution < 1.29 is 4.79 Å². The molecule has 2 nitrogen and oxygen atoms in total. The lowest BCUT2D eigenvalue weighted by molar-refractivity contribution is -0.127. The van der Waals surface area contributed by atoms with Gasteiger partial charge in [-0.2, -0.15) is 11.8 Å². The third kappa shape index (κ3) is 3.98. The van der Waals surface area contributed by atoms with Crippen LogP contribution < -0.4 is 0 Å². The van der Waals surface area contributed by atoms with Crippen LogP contribution in [0.25, 0.3) is 0 Å². The van der Waals surface area contributed by atoms with Crippen molar-refractivity contribution in [3.8, 4) is 0 Å². The van der Waals surface area contributed by atoms with Gasteiger partial charge in [0.2, 0.25) is 0 Å². The van der Waals surface area contributed by atoms with E-state index in [0.29, 0.717) is 29.1 Å². The Morgan fingerprint density at radius 3 is 2.74 bits per heavy atom. The van der Waals surface area contributed by atoms with Crippen LogP contribution in [-0.2, 0) is 4.79 Å². The summed E-state index contributed by atoms with van der Waals surface area (Å²) < 4.78 is 0. The normalized spacial score (nSPS) is 34.5. The lowest BCUT2D eigenvalue weighted by atomic mass is 9.68. The van der Waals surface area contributed by atoms with Gasteiger partial charge in [-0.25, -0.2) is 0 Å². The summed E-state index contributed by atoms with van der Waals surface area (Å²) in [5.74, 6) is 3.98. The summed E-state index contributed by atoms with van der Waals surface area (Å²) >= 11 is 2.05. The van der Waals surface area contributed by atoms with Crippen molar-refractivity contribution in [2.45, 2.75) is 53.0 Å². The quantitative estimate of drug-likeness (QED) is 0.774.